The number of pyridine rings is 1. The number of aromatic nitrogens is 3. The molecule has 27 heavy (non-hydrogen) atoms. The van der Waals surface area contributed by atoms with Gasteiger partial charge in [0.05, 0.1) is 17.3 Å². The summed E-state index contributed by atoms with van der Waals surface area (Å²) in [6.07, 6.45) is 8.37. The van der Waals surface area contributed by atoms with Crippen molar-refractivity contribution in [1.82, 2.24) is 15.0 Å². The summed E-state index contributed by atoms with van der Waals surface area (Å²) < 4.78 is 0. The zero-order valence-corrected chi connectivity index (χ0v) is 17.1. The van der Waals surface area contributed by atoms with Gasteiger partial charge in [-0.05, 0) is 43.6 Å². The molecule has 2 fully saturated rings. The Morgan fingerprint density at radius 2 is 2.00 bits per heavy atom. The van der Waals surface area contributed by atoms with Crippen molar-refractivity contribution in [1.29, 1.82) is 0 Å². The van der Waals surface area contributed by atoms with Gasteiger partial charge in [0.1, 0.15) is 16.0 Å². The van der Waals surface area contributed by atoms with Gasteiger partial charge in [0.2, 0.25) is 0 Å². The van der Waals surface area contributed by atoms with Gasteiger partial charge in [-0.1, -0.05) is 35.0 Å². The zero-order valence-electron chi connectivity index (χ0n) is 14.7. The standard InChI is InChI=1S/C18H21Cl2N5OS/c19-14-12(2-6-22-15(14)20)27-17-16(21)24-13(10-23-17)25-7-4-18(5-8-25)3-1-11(26)9-18/h2,6,10-11,26H,1,3-5,7-9H2,(H2,21,24)/t11-/m0/s1. The van der Waals surface area contributed by atoms with Crippen LogP contribution in [0.1, 0.15) is 32.1 Å². The summed E-state index contributed by atoms with van der Waals surface area (Å²) in [7, 11) is 0. The lowest BCUT2D eigenvalue weighted by atomic mass is 9.77. The topological polar surface area (TPSA) is 88.2 Å². The van der Waals surface area contributed by atoms with Crippen LogP contribution in [0.2, 0.25) is 10.2 Å². The van der Waals surface area contributed by atoms with E-state index in [0.717, 1.165) is 55.9 Å². The summed E-state index contributed by atoms with van der Waals surface area (Å²) in [6.45, 7) is 1.83. The molecule has 6 nitrogen and oxygen atoms in total. The van der Waals surface area contributed by atoms with Crippen LogP contribution in [-0.2, 0) is 0 Å². The van der Waals surface area contributed by atoms with Crippen LogP contribution in [0.3, 0.4) is 0 Å². The van der Waals surface area contributed by atoms with E-state index in [9.17, 15) is 5.11 Å². The monoisotopic (exact) mass is 425 g/mol. The van der Waals surface area contributed by atoms with Crippen LogP contribution in [0.25, 0.3) is 0 Å². The maximum atomic E-state index is 9.88. The van der Waals surface area contributed by atoms with Crippen molar-refractivity contribution >= 4 is 46.6 Å². The predicted octanol–water partition coefficient (Wildman–Crippen LogP) is 4.04. The molecule has 1 saturated carbocycles. The molecule has 1 aliphatic heterocycles. The number of hydrogen-bond acceptors (Lipinski definition) is 7. The number of halogens is 2. The van der Waals surface area contributed by atoms with Crippen LogP contribution < -0.4 is 10.6 Å². The van der Waals surface area contributed by atoms with Gasteiger partial charge in [-0.25, -0.2) is 15.0 Å². The number of piperidine rings is 1. The normalized spacial score (nSPS) is 21.7. The van der Waals surface area contributed by atoms with E-state index in [-0.39, 0.29) is 11.3 Å². The fraction of sp³-hybridized carbons (Fsp3) is 0.500. The van der Waals surface area contributed by atoms with Crippen molar-refractivity contribution in [2.45, 2.75) is 48.1 Å². The number of hydrogen-bond donors (Lipinski definition) is 2. The second-order valence-electron chi connectivity index (χ2n) is 7.32. The van der Waals surface area contributed by atoms with E-state index in [0.29, 0.717) is 21.3 Å². The van der Waals surface area contributed by atoms with Crippen LogP contribution in [-0.4, -0.2) is 39.3 Å². The largest absolute Gasteiger partial charge is 0.393 e. The lowest BCUT2D eigenvalue weighted by Gasteiger charge is -2.39. The average Bonchev–Trinajstić information content (AvgIpc) is 3.01. The number of nitrogens with two attached hydrogens (primary N) is 1. The number of nitrogens with zero attached hydrogens (tertiary/aromatic N) is 4. The predicted molar refractivity (Wildman–Crippen MR) is 109 cm³/mol. The fourth-order valence-electron chi connectivity index (χ4n) is 4.04. The molecular weight excluding hydrogens is 405 g/mol. The molecule has 1 saturated heterocycles. The molecule has 3 N–H and O–H groups in total. The van der Waals surface area contributed by atoms with Crippen molar-refractivity contribution in [3.05, 3.63) is 28.6 Å². The third-order valence-corrected chi connectivity index (χ3v) is 7.54. The first-order chi connectivity index (χ1) is 13.0. The SMILES string of the molecule is Nc1nc(N2CCC3(CC[C@H](O)C3)CC2)cnc1Sc1ccnc(Cl)c1Cl. The summed E-state index contributed by atoms with van der Waals surface area (Å²) in [4.78, 5) is 16.0. The van der Waals surface area contributed by atoms with E-state index in [1.165, 1.54) is 11.8 Å². The number of aliphatic hydroxyl groups excluding tert-OH is 1. The van der Waals surface area contributed by atoms with Gasteiger partial charge < -0.3 is 15.7 Å². The Kier molecular flexibility index (Phi) is 5.38. The highest BCUT2D eigenvalue weighted by Crippen LogP contribution is 2.46. The molecule has 0 aromatic carbocycles. The Balaban J connectivity index is 1.45. The Bertz CT molecular complexity index is 844. The highest BCUT2D eigenvalue weighted by Gasteiger charge is 2.41. The Morgan fingerprint density at radius 3 is 2.67 bits per heavy atom. The van der Waals surface area contributed by atoms with E-state index in [1.54, 1.807) is 18.5 Å². The van der Waals surface area contributed by atoms with Gasteiger partial charge in [0.25, 0.3) is 0 Å². The lowest BCUT2D eigenvalue weighted by molar-refractivity contribution is 0.144. The first-order valence-electron chi connectivity index (χ1n) is 8.99. The van der Waals surface area contributed by atoms with Crippen LogP contribution in [0.5, 0.6) is 0 Å². The number of aliphatic hydroxyl groups is 1. The lowest BCUT2D eigenvalue weighted by Crippen LogP contribution is -2.39. The van der Waals surface area contributed by atoms with Gasteiger partial charge in [0, 0.05) is 24.2 Å². The molecule has 1 aliphatic carbocycles. The quantitative estimate of drug-likeness (QED) is 0.716. The molecule has 1 spiro atoms. The van der Waals surface area contributed by atoms with Gasteiger partial charge in [-0.2, -0.15) is 0 Å². The minimum atomic E-state index is -0.128. The summed E-state index contributed by atoms with van der Waals surface area (Å²) >= 11 is 13.5. The molecule has 0 radical (unpaired) electrons. The maximum absolute atomic E-state index is 9.88. The number of anilines is 2. The molecule has 144 valence electrons. The minimum absolute atomic E-state index is 0.128. The van der Waals surface area contributed by atoms with Gasteiger partial charge in [0.15, 0.2) is 5.82 Å². The summed E-state index contributed by atoms with van der Waals surface area (Å²) in [5.41, 5.74) is 6.46. The third-order valence-electron chi connectivity index (χ3n) is 5.59. The molecule has 2 aliphatic rings. The number of rotatable bonds is 3. The second kappa shape index (κ2) is 7.62. The van der Waals surface area contributed by atoms with E-state index in [2.05, 4.69) is 19.9 Å². The molecule has 0 bridgehead atoms. The first-order valence-corrected chi connectivity index (χ1v) is 10.6. The maximum Gasteiger partial charge on any atom is 0.158 e. The zero-order chi connectivity index (χ0) is 19.0. The minimum Gasteiger partial charge on any atom is -0.393 e. The molecule has 2 aromatic heterocycles. The van der Waals surface area contributed by atoms with Crippen molar-refractivity contribution in [3.8, 4) is 0 Å². The highest BCUT2D eigenvalue weighted by atomic mass is 35.5. The van der Waals surface area contributed by atoms with Gasteiger partial charge in [-0.15, -0.1) is 0 Å². The summed E-state index contributed by atoms with van der Waals surface area (Å²) in [6, 6.07) is 1.77. The molecule has 0 amide bonds. The molecule has 9 heteroatoms. The van der Waals surface area contributed by atoms with Gasteiger partial charge >= 0.3 is 0 Å². The fourth-order valence-corrected chi connectivity index (χ4v) is 5.26. The van der Waals surface area contributed by atoms with E-state index >= 15 is 0 Å². The first kappa shape index (κ1) is 19.1. The summed E-state index contributed by atoms with van der Waals surface area (Å²) in [5.74, 6) is 1.17. The number of nitrogen functional groups attached to an aromatic ring is 1. The molecule has 4 rings (SSSR count). The smallest absolute Gasteiger partial charge is 0.158 e. The molecular formula is C18H21Cl2N5OS. The molecule has 1 atom stereocenters. The Hall–Kier alpha value is -1.28. The van der Waals surface area contributed by atoms with Crippen LogP contribution >= 0.6 is 35.0 Å². The van der Waals surface area contributed by atoms with Crippen LogP contribution in [0.4, 0.5) is 11.6 Å². The summed E-state index contributed by atoms with van der Waals surface area (Å²) in [5, 5.41) is 11.1. The Labute approximate surface area is 172 Å². The van der Waals surface area contributed by atoms with Crippen molar-refractivity contribution < 1.29 is 5.11 Å². The van der Waals surface area contributed by atoms with Crippen LogP contribution in [0.15, 0.2) is 28.4 Å². The average molecular weight is 426 g/mol. The van der Waals surface area contributed by atoms with Crippen molar-refractivity contribution in [2.24, 2.45) is 5.41 Å². The highest BCUT2D eigenvalue weighted by molar-refractivity contribution is 7.99. The molecule has 0 unspecified atom stereocenters. The van der Waals surface area contributed by atoms with Gasteiger partial charge in [-0.3, -0.25) is 0 Å². The third kappa shape index (κ3) is 3.97. The van der Waals surface area contributed by atoms with E-state index in [4.69, 9.17) is 28.9 Å². The van der Waals surface area contributed by atoms with E-state index in [1.807, 2.05) is 0 Å². The van der Waals surface area contributed by atoms with E-state index < -0.39 is 0 Å². The van der Waals surface area contributed by atoms with Crippen molar-refractivity contribution in [3.63, 3.8) is 0 Å². The van der Waals surface area contributed by atoms with Crippen molar-refractivity contribution in [2.75, 3.05) is 23.7 Å². The molecule has 2 aromatic rings. The van der Waals surface area contributed by atoms with Crippen LogP contribution in [0, 0.1) is 5.41 Å². The molecule has 3 heterocycles. The second-order valence-corrected chi connectivity index (χ2v) is 9.08. The Morgan fingerprint density at radius 1 is 1.22 bits per heavy atom.